The molecule has 4 heteroatoms. The van der Waals surface area contributed by atoms with Crippen LogP contribution in [0.2, 0.25) is 0 Å². The number of rotatable bonds is 4. The summed E-state index contributed by atoms with van der Waals surface area (Å²) in [6.07, 6.45) is 0.942. The number of anilines is 1. The van der Waals surface area contributed by atoms with Crippen LogP contribution in [0, 0.1) is 0 Å². The second-order valence-electron chi connectivity index (χ2n) is 4.93. The van der Waals surface area contributed by atoms with Crippen molar-refractivity contribution in [2.75, 3.05) is 31.2 Å². The zero-order valence-corrected chi connectivity index (χ0v) is 11.7. The Morgan fingerprint density at radius 2 is 1.95 bits per heavy atom. The van der Waals surface area contributed by atoms with Crippen LogP contribution >= 0.6 is 0 Å². The van der Waals surface area contributed by atoms with Crippen molar-refractivity contribution in [1.82, 2.24) is 5.32 Å². The van der Waals surface area contributed by atoms with Gasteiger partial charge in [-0.25, -0.2) is 0 Å². The van der Waals surface area contributed by atoms with Crippen LogP contribution in [0.3, 0.4) is 0 Å². The standard InChI is InChI=1S/C15H22N2O2/c1-3-12(2)16-15(18)13-4-6-14(7-5-13)17-8-10-19-11-9-17/h4-7,12H,3,8-11H2,1-2H3,(H,16,18)/t12-/m1/s1. The molecule has 1 amide bonds. The molecule has 0 unspecified atom stereocenters. The summed E-state index contributed by atoms with van der Waals surface area (Å²) in [4.78, 5) is 14.2. The van der Waals surface area contributed by atoms with Gasteiger partial charge in [-0.3, -0.25) is 4.79 Å². The molecule has 0 aromatic heterocycles. The lowest BCUT2D eigenvalue weighted by Crippen LogP contribution is -2.36. The van der Waals surface area contributed by atoms with Crippen molar-refractivity contribution < 1.29 is 9.53 Å². The summed E-state index contributed by atoms with van der Waals surface area (Å²) in [5.74, 6) is 0.00266. The van der Waals surface area contributed by atoms with Crippen LogP contribution in [0.4, 0.5) is 5.69 Å². The first-order chi connectivity index (χ1) is 9.20. The van der Waals surface area contributed by atoms with Gasteiger partial charge in [0.05, 0.1) is 13.2 Å². The predicted molar refractivity (Wildman–Crippen MR) is 76.7 cm³/mol. The van der Waals surface area contributed by atoms with Crippen LogP contribution in [-0.2, 0) is 4.74 Å². The first kappa shape index (κ1) is 13.9. The third-order valence-corrected chi connectivity index (χ3v) is 3.50. The largest absolute Gasteiger partial charge is 0.378 e. The molecule has 1 heterocycles. The van der Waals surface area contributed by atoms with E-state index in [1.165, 1.54) is 0 Å². The molecule has 1 fully saturated rings. The van der Waals surface area contributed by atoms with E-state index >= 15 is 0 Å². The summed E-state index contributed by atoms with van der Waals surface area (Å²) in [6.45, 7) is 7.45. The van der Waals surface area contributed by atoms with E-state index in [1.807, 2.05) is 31.2 Å². The molecule has 104 valence electrons. The van der Waals surface area contributed by atoms with E-state index in [2.05, 4.69) is 17.1 Å². The number of hydrogen-bond donors (Lipinski definition) is 1. The highest BCUT2D eigenvalue weighted by atomic mass is 16.5. The molecule has 0 radical (unpaired) electrons. The molecule has 1 atom stereocenters. The minimum absolute atomic E-state index is 0.00266. The van der Waals surface area contributed by atoms with E-state index in [4.69, 9.17) is 4.74 Å². The smallest absolute Gasteiger partial charge is 0.251 e. The molecule has 0 aliphatic carbocycles. The lowest BCUT2D eigenvalue weighted by atomic mass is 10.1. The minimum Gasteiger partial charge on any atom is -0.378 e. The summed E-state index contributed by atoms with van der Waals surface area (Å²) in [7, 11) is 0. The number of amides is 1. The Labute approximate surface area is 114 Å². The number of benzene rings is 1. The lowest BCUT2D eigenvalue weighted by Gasteiger charge is -2.28. The summed E-state index contributed by atoms with van der Waals surface area (Å²) in [5.41, 5.74) is 1.88. The van der Waals surface area contributed by atoms with E-state index in [0.717, 1.165) is 44.0 Å². The summed E-state index contributed by atoms with van der Waals surface area (Å²) < 4.78 is 5.33. The number of nitrogens with one attached hydrogen (secondary N) is 1. The van der Waals surface area contributed by atoms with Crippen molar-refractivity contribution in [2.24, 2.45) is 0 Å². The Kier molecular flexibility index (Phi) is 4.80. The normalized spacial score (nSPS) is 17.1. The second kappa shape index (κ2) is 6.57. The van der Waals surface area contributed by atoms with Crippen LogP contribution in [-0.4, -0.2) is 38.3 Å². The molecule has 1 aromatic rings. The van der Waals surface area contributed by atoms with Gasteiger partial charge in [0.2, 0.25) is 0 Å². The third kappa shape index (κ3) is 3.70. The van der Waals surface area contributed by atoms with Gasteiger partial charge in [-0.05, 0) is 37.6 Å². The Balaban J connectivity index is 1.99. The molecule has 1 aliphatic heterocycles. The fourth-order valence-corrected chi connectivity index (χ4v) is 2.05. The van der Waals surface area contributed by atoms with Gasteiger partial charge in [-0.2, -0.15) is 0 Å². The molecule has 0 spiro atoms. The van der Waals surface area contributed by atoms with E-state index in [1.54, 1.807) is 0 Å². The molecule has 2 rings (SSSR count). The first-order valence-electron chi connectivity index (χ1n) is 6.94. The average Bonchev–Trinajstić information content (AvgIpc) is 2.48. The van der Waals surface area contributed by atoms with Crippen molar-refractivity contribution in [3.8, 4) is 0 Å². The maximum atomic E-state index is 12.0. The van der Waals surface area contributed by atoms with Gasteiger partial charge in [0.15, 0.2) is 0 Å². The first-order valence-corrected chi connectivity index (χ1v) is 6.94. The Bertz CT molecular complexity index is 411. The highest BCUT2D eigenvalue weighted by Crippen LogP contribution is 2.16. The minimum atomic E-state index is 0.00266. The Morgan fingerprint density at radius 3 is 2.53 bits per heavy atom. The number of carbonyl (C=O) groups is 1. The molecule has 0 bridgehead atoms. The maximum Gasteiger partial charge on any atom is 0.251 e. The van der Waals surface area contributed by atoms with E-state index in [-0.39, 0.29) is 11.9 Å². The molecular weight excluding hydrogens is 240 g/mol. The van der Waals surface area contributed by atoms with Crippen LogP contribution in [0.15, 0.2) is 24.3 Å². The van der Waals surface area contributed by atoms with Crippen molar-refractivity contribution in [2.45, 2.75) is 26.3 Å². The molecule has 1 saturated heterocycles. The number of morpholine rings is 1. The molecular formula is C15H22N2O2. The Morgan fingerprint density at radius 1 is 1.32 bits per heavy atom. The van der Waals surface area contributed by atoms with Gasteiger partial charge in [-0.15, -0.1) is 0 Å². The fraction of sp³-hybridized carbons (Fsp3) is 0.533. The van der Waals surface area contributed by atoms with Crippen molar-refractivity contribution >= 4 is 11.6 Å². The van der Waals surface area contributed by atoms with Crippen molar-refractivity contribution in [1.29, 1.82) is 0 Å². The molecule has 1 aliphatic rings. The second-order valence-corrected chi connectivity index (χ2v) is 4.93. The van der Waals surface area contributed by atoms with Gasteiger partial charge in [0, 0.05) is 30.4 Å². The number of carbonyl (C=O) groups excluding carboxylic acids is 1. The number of hydrogen-bond acceptors (Lipinski definition) is 3. The molecule has 0 saturated carbocycles. The zero-order chi connectivity index (χ0) is 13.7. The van der Waals surface area contributed by atoms with Gasteiger partial charge in [-0.1, -0.05) is 6.92 Å². The van der Waals surface area contributed by atoms with Crippen LogP contribution in [0.25, 0.3) is 0 Å². The van der Waals surface area contributed by atoms with E-state index in [9.17, 15) is 4.79 Å². The topological polar surface area (TPSA) is 41.6 Å². The fourth-order valence-electron chi connectivity index (χ4n) is 2.05. The number of nitrogens with zero attached hydrogens (tertiary/aromatic N) is 1. The van der Waals surface area contributed by atoms with Gasteiger partial charge < -0.3 is 15.0 Å². The van der Waals surface area contributed by atoms with Crippen LogP contribution in [0.5, 0.6) is 0 Å². The summed E-state index contributed by atoms with van der Waals surface area (Å²) >= 11 is 0. The van der Waals surface area contributed by atoms with Gasteiger partial charge in [0.1, 0.15) is 0 Å². The monoisotopic (exact) mass is 262 g/mol. The maximum absolute atomic E-state index is 12.0. The van der Waals surface area contributed by atoms with Gasteiger partial charge >= 0.3 is 0 Å². The van der Waals surface area contributed by atoms with E-state index < -0.39 is 0 Å². The quantitative estimate of drug-likeness (QED) is 0.903. The molecule has 1 N–H and O–H groups in total. The Hall–Kier alpha value is -1.55. The zero-order valence-electron chi connectivity index (χ0n) is 11.7. The molecule has 4 nitrogen and oxygen atoms in total. The third-order valence-electron chi connectivity index (χ3n) is 3.50. The van der Waals surface area contributed by atoms with Crippen molar-refractivity contribution in [3.63, 3.8) is 0 Å². The highest BCUT2D eigenvalue weighted by molar-refractivity contribution is 5.94. The average molecular weight is 262 g/mol. The summed E-state index contributed by atoms with van der Waals surface area (Å²) in [6, 6.07) is 8.02. The molecule has 1 aromatic carbocycles. The summed E-state index contributed by atoms with van der Waals surface area (Å²) in [5, 5.41) is 2.97. The highest BCUT2D eigenvalue weighted by Gasteiger charge is 2.12. The van der Waals surface area contributed by atoms with E-state index in [0.29, 0.717) is 0 Å². The predicted octanol–water partition coefficient (Wildman–Crippen LogP) is 2.05. The SMILES string of the molecule is CC[C@@H](C)NC(=O)c1ccc(N2CCOCC2)cc1. The van der Waals surface area contributed by atoms with Crippen LogP contribution < -0.4 is 10.2 Å². The van der Waals surface area contributed by atoms with Crippen LogP contribution in [0.1, 0.15) is 30.6 Å². The van der Waals surface area contributed by atoms with Crippen molar-refractivity contribution in [3.05, 3.63) is 29.8 Å². The molecule has 19 heavy (non-hydrogen) atoms. The van der Waals surface area contributed by atoms with Gasteiger partial charge in [0.25, 0.3) is 5.91 Å². The number of ether oxygens (including phenoxy) is 1. The lowest BCUT2D eigenvalue weighted by molar-refractivity contribution is 0.0939.